The van der Waals surface area contributed by atoms with E-state index >= 15 is 0 Å². The molecule has 25 heavy (non-hydrogen) atoms. The Balaban J connectivity index is 1.45. The Morgan fingerprint density at radius 1 is 1.40 bits per heavy atom. The molecule has 5 nitrogen and oxygen atoms in total. The summed E-state index contributed by atoms with van der Waals surface area (Å²) in [6.45, 7) is 3.54. The van der Waals surface area contributed by atoms with Crippen molar-refractivity contribution >= 4 is 16.9 Å². The average molecular weight is 343 g/mol. The van der Waals surface area contributed by atoms with E-state index < -0.39 is 0 Å². The first-order chi connectivity index (χ1) is 12.2. The SMILES string of the molecule is CCc1ccc2occ(CC(=O)N[C@H]3[C@@H](COC)[C@H]4OCC[C@@H]34)c2c1. The monoisotopic (exact) mass is 343 g/mol. The number of hydrogen-bond acceptors (Lipinski definition) is 4. The largest absolute Gasteiger partial charge is 0.464 e. The van der Waals surface area contributed by atoms with Gasteiger partial charge < -0.3 is 19.2 Å². The summed E-state index contributed by atoms with van der Waals surface area (Å²) in [6, 6.07) is 6.33. The Kier molecular flexibility index (Phi) is 4.52. The predicted molar refractivity (Wildman–Crippen MR) is 94.4 cm³/mol. The Hall–Kier alpha value is -1.85. The molecule has 134 valence electrons. The number of furan rings is 1. The second kappa shape index (κ2) is 6.81. The number of aryl methyl sites for hydroxylation is 1. The molecule has 2 aliphatic rings. The minimum absolute atomic E-state index is 0.0426. The van der Waals surface area contributed by atoms with Crippen molar-refractivity contribution in [2.75, 3.05) is 20.3 Å². The maximum absolute atomic E-state index is 12.6. The second-order valence-corrected chi connectivity index (χ2v) is 7.12. The van der Waals surface area contributed by atoms with E-state index in [1.165, 1.54) is 5.56 Å². The molecule has 5 heteroatoms. The van der Waals surface area contributed by atoms with Gasteiger partial charge in [0.1, 0.15) is 5.58 Å². The van der Waals surface area contributed by atoms with E-state index in [1.54, 1.807) is 13.4 Å². The van der Waals surface area contributed by atoms with Gasteiger partial charge in [0.05, 0.1) is 25.4 Å². The van der Waals surface area contributed by atoms with Gasteiger partial charge >= 0.3 is 0 Å². The lowest BCUT2D eigenvalue weighted by Crippen LogP contribution is -2.62. The van der Waals surface area contributed by atoms with Gasteiger partial charge in [0.25, 0.3) is 0 Å². The standard InChI is InChI=1S/C20H25NO4/c1-3-12-4-5-17-15(8-12)13(10-25-17)9-18(22)21-19-14-6-7-24-20(14)16(19)11-23-2/h4-5,8,10,14,16,19-20H,3,6-7,9,11H2,1-2H3,(H,21,22)/t14-,16+,19+,20-/m0/s1. The molecule has 1 aliphatic heterocycles. The van der Waals surface area contributed by atoms with Crippen LogP contribution in [0, 0.1) is 11.8 Å². The van der Waals surface area contributed by atoms with E-state index in [4.69, 9.17) is 13.9 Å². The van der Waals surface area contributed by atoms with Crippen LogP contribution in [0.3, 0.4) is 0 Å². The van der Waals surface area contributed by atoms with Crippen LogP contribution in [0.2, 0.25) is 0 Å². The van der Waals surface area contributed by atoms with Crippen LogP contribution < -0.4 is 5.32 Å². The third-order valence-electron chi connectivity index (χ3n) is 5.69. The molecule has 1 aromatic heterocycles. The van der Waals surface area contributed by atoms with Gasteiger partial charge in [-0.05, 0) is 30.5 Å². The molecule has 1 aliphatic carbocycles. The number of benzene rings is 1. The average Bonchev–Trinajstić information content (AvgIpc) is 3.22. The topological polar surface area (TPSA) is 60.7 Å². The molecule has 0 unspecified atom stereocenters. The lowest BCUT2D eigenvalue weighted by Gasteiger charge is -2.47. The summed E-state index contributed by atoms with van der Waals surface area (Å²) >= 11 is 0. The minimum atomic E-state index is 0.0426. The summed E-state index contributed by atoms with van der Waals surface area (Å²) in [7, 11) is 1.70. The van der Waals surface area contributed by atoms with Gasteiger partial charge in [-0.25, -0.2) is 0 Å². The smallest absolute Gasteiger partial charge is 0.224 e. The molecule has 2 heterocycles. The zero-order valence-electron chi connectivity index (χ0n) is 14.8. The first-order valence-corrected chi connectivity index (χ1v) is 9.10. The highest BCUT2D eigenvalue weighted by atomic mass is 16.5. The Labute approximate surface area is 147 Å². The van der Waals surface area contributed by atoms with E-state index in [9.17, 15) is 4.79 Å². The maximum Gasteiger partial charge on any atom is 0.224 e. The van der Waals surface area contributed by atoms with Crippen molar-refractivity contribution in [3.63, 3.8) is 0 Å². The molecule has 0 spiro atoms. The fraction of sp³-hybridized carbons (Fsp3) is 0.550. The van der Waals surface area contributed by atoms with Crippen LogP contribution in [0.1, 0.15) is 24.5 Å². The summed E-state index contributed by atoms with van der Waals surface area (Å²) in [5.74, 6) is 0.729. The van der Waals surface area contributed by atoms with Crippen molar-refractivity contribution in [1.82, 2.24) is 5.32 Å². The molecular weight excluding hydrogens is 318 g/mol. The predicted octanol–water partition coefficient (Wildman–Crippen LogP) is 2.70. The molecule has 0 bridgehead atoms. The fourth-order valence-electron chi connectivity index (χ4n) is 4.33. The first-order valence-electron chi connectivity index (χ1n) is 9.10. The molecule has 4 atom stereocenters. The van der Waals surface area contributed by atoms with Crippen LogP contribution in [0.5, 0.6) is 0 Å². The number of carbonyl (C=O) groups excluding carboxylic acids is 1. The summed E-state index contributed by atoms with van der Waals surface area (Å²) in [6.07, 6.45) is 4.28. The van der Waals surface area contributed by atoms with Crippen LogP contribution >= 0.6 is 0 Å². The van der Waals surface area contributed by atoms with E-state index in [-0.39, 0.29) is 24.0 Å². The second-order valence-electron chi connectivity index (χ2n) is 7.12. The molecule has 1 amide bonds. The number of nitrogens with one attached hydrogen (secondary N) is 1. The van der Waals surface area contributed by atoms with E-state index in [1.807, 2.05) is 6.07 Å². The highest BCUT2D eigenvalue weighted by Crippen LogP contribution is 2.43. The van der Waals surface area contributed by atoms with Crippen LogP contribution in [-0.4, -0.2) is 38.4 Å². The normalized spacial score (nSPS) is 27.9. The van der Waals surface area contributed by atoms with Gasteiger partial charge in [0.15, 0.2) is 0 Å². The van der Waals surface area contributed by atoms with Gasteiger partial charge in [-0.2, -0.15) is 0 Å². The summed E-state index contributed by atoms with van der Waals surface area (Å²) in [5, 5.41) is 4.25. The van der Waals surface area contributed by atoms with Crippen molar-refractivity contribution in [2.45, 2.75) is 38.3 Å². The first kappa shape index (κ1) is 16.6. The molecule has 1 aromatic carbocycles. The van der Waals surface area contributed by atoms with Crippen LogP contribution in [0.4, 0.5) is 0 Å². The van der Waals surface area contributed by atoms with Crippen LogP contribution in [-0.2, 0) is 27.1 Å². The number of ether oxygens (including phenoxy) is 2. The van der Waals surface area contributed by atoms with Gasteiger partial charge in [0.2, 0.25) is 5.91 Å². The number of hydrogen-bond donors (Lipinski definition) is 1. The van der Waals surface area contributed by atoms with Crippen molar-refractivity contribution in [3.8, 4) is 0 Å². The van der Waals surface area contributed by atoms with E-state index in [0.717, 1.165) is 36.0 Å². The van der Waals surface area contributed by atoms with Crippen molar-refractivity contribution in [1.29, 1.82) is 0 Å². The number of fused-ring (bicyclic) bond motifs is 2. The van der Waals surface area contributed by atoms with Gasteiger partial charge in [-0.15, -0.1) is 0 Å². The van der Waals surface area contributed by atoms with E-state index in [0.29, 0.717) is 18.9 Å². The van der Waals surface area contributed by atoms with Crippen molar-refractivity contribution < 1.29 is 18.7 Å². The maximum atomic E-state index is 12.6. The lowest BCUT2D eigenvalue weighted by molar-refractivity contribution is -0.129. The summed E-state index contributed by atoms with van der Waals surface area (Å²) in [4.78, 5) is 12.6. The van der Waals surface area contributed by atoms with Crippen LogP contribution in [0.15, 0.2) is 28.9 Å². The van der Waals surface area contributed by atoms with Gasteiger partial charge in [0, 0.05) is 42.5 Å². The molecule has 1 N–H and O–H groups in total. The Bertz CT molecular complexity index is 768. The zero-order valence-corrected chi connectivity index (χ0v) is 14.8. The Morgan fingerprint density at radius 2 is 2.28 bits per heavy atom. The molecule has 2 fully saturated rings. The number of methoxy groups -OCH3 is 1. The van der Waals surface area contributed by atoms with Crippen LogP contribution in [0.25, 0.3) is 11.0 Å². The highest BCUT2D eigenvalue weighted by molar-refractivity contribution is 5.88. The zero-order chi connectivity index (χ0) is 17.4. The third-order valence-corrected chi connectivity index (χ3v) is 5.69. The van der Waals surface area contributed by atoms with Crippen molar-refractivity contribution in [2.24, 2.45) is 11.8 Å². The molecule has 1 saturated carbocycles. The summed E-state index contributed by atoms with van der Waals surface area (Å²) < 4.78 is 16.7. The molecule has 1 saturated heterocycles. The van der Waals surface area contributed by atoms with Gasteiger partial charge in [-0.3, -0.25) is 4.79 Å². The summed E-state index contributed by atoms with van der Waals surface area (Å²) in [5.41, 5.74) is 3.04. The van der Waals surface area contributed by atoms with E-state index in [2.05, 4.69) is 24.4 Å². The van der Waals surface area contributed by atoms with Gasteiger partial charge in [-0.1, -0.05) is 13.0 Å². The fourth-order valence-corrected chi connectivity index (χ4v) is 4.33. The molecule has 2 aromatic rings. The lowest BCUT2D eigenvalue weighted by atomic mass is 9.67. The molecular formula is C20H25NO4. The highest BCUT2D eigenvalue weighted by Gasteiger charge is 2.54. The van der Waals surface area contributed by atoms with Crippen molar-refractivity contribution in [3.05, 3.63) is 35.6 Å². The molecule has 4 rings (SSSR count). The number of carbonyl (C=O) groups is 1. The minimum Gasteiger partial charge on any atom is -0.464 e. The number of amides is 1. The third kappa shape index (κ3) is 2.96. The number of rotatable bonds is 6. The Morgan fingerprint density at radius 3 is 3.08 bits per heavy atom. The quantitative estimate of drug-likeness (QED) is 0.876. The molecule has 0 radical (unpaired) electrons.